The van der Waals surface area contributed by atoms with Crippen LogP contribution in [0.4, 0.5) is 8.78 Å². The van der Waals surface area contributed by atoms with Crippen LogP contribution in [0.25, 0.3) is 0 Å². The van der Waals surface area contributed by atoms with Crippen molar-refractivity contribution in [3.05, 3.63) is 35.4 Å². The quantitative estimate of drug-likeness (QED) is 0.522. The summed E-state index contributed by atoms with van der Waals surface area (Å²) >= 11 is 0.895. The van der Waals surface area contributed by atoms with Crippen molar-refractivity contribution in [3.63, 3.8) is 0 Å². The number of halogens is 3. The van der Waals surface area contributed by atoms with Crippen molar-refractivity contribution in [2.24, 2.45) is 0 Å². The Hall–Kier alpha value is -0.560. The maximum atomic E-state index is 13.1. The monoisotopic (exact) mass is 340 g/mol. The predicted octanol–water partition coefficient (Wildman–Crippen LogP) is 3.12. The Bertz CT molecular complexity index is 393. The van der Waals surface area contributed by atoms with Gasteiger partial charge in [0.05, 0.1) is 0 Å². The molecule has 0 aliphatic heterocycles. The number of ketones is 1. The minimum Gasteiger partial charge on any atom is -0.378 e. The summed E-state index contributed by atoms with van der Waals surface area (Å²) in [5, 5.41) is 9.71. The molecule has 0 aliphatic carbocycles. The van der Waals surface area contributed by atoms with Crippen LogP contribution in [0.1, 0.15) is 29.8 Å². The number of hydrogen-bond donors (Lipinski definition) is 1. The van der Waals surface area contributed by atoms with Gasteiger partial charge in [-0.15, -0.1) is 0 Å². The van der Waals surface area contributed by atoms with Crippen LogP contribution >= 0.6 is 22.6 Å². The van der Waals surface area contributed by atoms with E-state index in [9.17, 15) is 18.7 Å². The van der Waals surface area contributed by atoms with Gasteiger partial charge in [-0.2, -0.15) is 8.78 Å². The van der Waals surface area contributed by atoms with Crippen LogP contribution in [0.5, 0.6) is 0 Å². The maximum Gasteiger partial charge on any atom is 0.328 e. The molecule has 0 bridgehead atoms. The zero-order valence-electron chi connectivity index (χ0n) is 8.80. The molecule has 88 valence electrons. The van der Waals surface area contributed by atoms with Gasteiger partial charge in [-0.05, 0) is 19.4 Å². The third kappa shape index (κ3) is 2.57. The molecule has 0 aromatic heterocycles. The first kappa shape index (κ1) is 13.5. The minimum absolute atomic E-state index is 0.0805. The fourth-order valence-electron chi connectivity index (χ4n) is 1.19. The molecule has 1 unspecified atom stereocenters. The fourth-order valence-corrected chi connectivity index (χ4v) is 1.50. The van der Waals surface area contributed by atoms with Crippen LogP contribution in [0.2, 0.25) is 0 Å². The van der Waals surface area contributed by atoms with Gasteiger partial charge in [0.2, 0.25) is 0 Å². The van der Waals surface area contributed by atoms with Crippen LogP contribution in [0, 0.1) is 0 Å². The molecule has 0 radical (unpaired) electrons. The molecule has 0 heterocycles. The highest BCUT2D eigenvalue weighted by molar-refractivity contribution is 14.1. The first-order valence-electron chi connectivity index (χ1n) is 4.57. The molecule has 16 heavy (non-hydrogen) atoms. The van der Waals surface area contributed by atoms with Gasteiger partial charge in [0.15, 0.2) is 11.4 Å². The van der Waals surface area contributed by atoms with Gasteiger partial charge in [-0.3, -0.25) is 4.79 Å². The van der Waals surface area contributed by atoms with Crippen molar-refractivity contribution in [3.8, 4) is 0 Å². The average Bonchev–Trinajstić information content (AvgIpc) is 2.16. The molecule has 0 saturated heterocycles. The Morgan fingerprint density at radius 3 is 2.06 bits per heavy atom. The van der Waals surface area contributed by atoms with Gasteiger partial charge in [0.1, 0.15) is 0 Å². The van der Waals surface area contributed by atoms with Crippen LogP contribution in [0.3, 0.4) is 0 Å². The van der Waals surface area contributed by atoms with Crippen molar-refractivity contribution < 1.29 is 18.7 Å². The van der Waals surface area contributed by atoms with Crippen molar-refractivity contribution in [2.75, 3.05) is 0 Å². The van der Waals surface area contributed by atoms with E-state index >= 15 is 0 Å². The molecular formula is C11H11F2IO2. The van der Waals surface area contributed by atoms with E-state index in [1.165, 1.54) is 31.2 Å². The number of benzene rings is 1. The Balaban J connectivity index is 3.11. The third-order valence-corrected chi connectivity index (χ3v) is 3.46. The number of carbonyl (C=O) groups is 1. The summed E-state index contributed by atoms with van der Waals surface area (Å²) in [4.78, 5) is 11.0. The number of carbonyl (C=O) groups excluding carboxylic acids is 1. The van der Waals surface area contributed by atoms with Crippen molar-refractivity contribution in [1.82, 2.24) is 0 Å². The molecule has 0 amide bonds. The number of aliphatic hydroxyl groups is 1. The first-order chi connectivity index (χ1) is 7.16. The highest BCUT2D eigenvalue weighted by Gasteiger charge is 2.47. The summed E-state index contributed by atoms with van der Waals surface area (Å²) in [5.41, 5.74) is -1.74. The van der Waals surface area contributed by atoms with E-state index in [0.29, 0.717) is 5.56 Å². The molecule has 2 nitrogen and oxygen atoms in total. The second kappa shape index (κ2) is 4.37. The lowest BCUT2D eigenvalue weighted by Crippen LogP contribution is -2.37. The van der Waals surface area contributed by atoms with E-state index < -0.39 is 9.53 Å². The van der Waals surface area contributed by atoms with Crippen molar-refractivity contribution >= 4 is 28.4 Å². The number of hydrogen-bond acceptors (Lipinski definition) is 2. The average molecular weight is 340 g/mol. The lowest BCUT2D eigenvalue weighted by Gasteiger charge is -2.28. The van der Waals surface area contributed by atoms with E-state index in [1.54, 1.807) is 0 Å². The molecule has 1 aromatic carbocycles. The zero-order chi connectivity index (χ0) is 12.6. The summed E-state index contributed by atoms with van der Waals surface area (Å²) in [7, 11) is 0. The third-order valence-electron chi connectivity index (χ3n) is 2.41. The van der Waals surface area contributed by atoms with Crippen LogP contribution in [0.15, 0.2) is 24.3 Å². The summed E-state index contributed by atoms with van der Waals surface area (Å²) in [6.07, 6.45) is 0. The molecule has 0 aliphatic rings. The van der Waals surface area contributed by atoms with E-state index in [4.69, 9.17) is 0 Å². The van der Waals surface area contributed by atoms with Crippen molar-refractivity contribution in [2.45, 2.75) is 23.4 Å². The molecule has 5 heteroatoms. The summed E-state index contributed by atoms with van der Waals surface area (Å²) < 4.78 is 23.0. The second-order valence-electron chi connectivity index (χ2n) is 3.70. The van der Waals surface area contributed by atoms with Gasteiger partial charge >= 0.3 is 3.93 Å². The van der Waals surface area contributed by atoms with Gasteiger partial charge < -0.3 is 5.11 Å². The number of Topliss-reactive ketones (excluding diaryl/α,β-unsaturated/α-hetero) is 1. The lowest BCUT2D eigenvalue weighted by atomic mass is 9.95. The molecular weight excluding hydrogens is 329 g/mol. The largest absolute Gasteiger partial charge is 0.378 e. The number of rotatable bonds is 3. The summed E-state index contributed by atoms with van der Waals surface area (Å²) in [6.45, 7) is 2.43. The van der Waals surface area contributed by atoms with Gasteiger partial charge in [-0.25, -0.2) is 0 Å². The van der Waals surface area contributed by atoms with Gasteiger partial charge in [0.25, 0.3) is 0 Å². The minimum atomic E-state index is -3.28. The topological polar surface area (TPSA) is 37.3 Å². The highest BCUT2D eigenvalue weighted by atomic mass is 127. The standard InChI is InChI=1S/C11H11F2IO2/c1-7(15)8-3-5-9(6-4-8)10(2,16)11(12,13)14/h3-6,16H,1-2H3. The Morgan fingerprint density at radius 2 is 1.75 bits per heavy atom. The summed E-state index contributed by atoms with van der Waals surface area (Å²) in [5.74, 6) is -0.146. The highest BCUT2D eigenvalue weighted by Crippen LogP contribution is 2.42. The Kier molecular flexibility index (Phi) is 3.69. The second-order valence-corrected chi connectivity index (χ2v) is 5.06. The Labute approximate surface area is 106 Å². The lowest BCUT2D eigenvalue weighted by molar-refractivity contribution is -0.101. The van der Waals surface area contributed by atoms with E-state index in [-0.39, 0.29) is 11.3 Å². The molecule has 1 N–H and O–H groups in total. The molecule has 0 spiro atoms. The van der Waals surface area contributed by atoms with E-state index in [2.05, 4.69) is 0 Å². The van der Waals surface area contributed by atoms with Crippen molar-refractivity contribution in [1.29, 1.82) is 0 Å². The molecule has 1 rings (SSSR count). The zero-order valence-corrected chi connectivity index (χ0v) is 11.0. The smallest absolute Gasteiger partial charge is 0.328 e. The summed E-state index contributed by atoms with van der Waals surface area (Å²) in [6, 6.07) is 5.52. The molecule has 0 fully saturated rings. The van der Waals surface area contributed by atoms with Crippen LogP contribution in [-0.2, 0) is 5.60 Å². The SMILES string of the molecule is CC(=O)c1ccc(C(C)(O)C(F)(F)I)cc1. The normalized spacial score (nSPS) is 15.6. The van der Waals surface area contributed by atoms with Gasteiger partial charge in [0, 0.05) is 28.2 Å². The maximum absolute atomic E-state index is 13.1. The first-order valence-corrected chi connectivity index (χ1v) is 5.64. The molecule has 0 saturated carbocycles. The molecule has 1 atom stereocenters. The van der Waals surface area contributed by atoms with Gasteiger partial charge in [-0.1, -0.05) is 24.3 Å². The fraction of sp³-hybridized carbons (Fsp3) is 0.364. The molecule has 1 aromatic rings. The number of alkyl halides is 3. The van der Waals surface area contributed by atoms with E-state index in [1.807, 2.05) is 0 Å². The van der Waals surface area contributed by atoms with Crippen LogP contribution < -0.4 is 0 Å². The van der Waals surface area contributed by atoms with Crippen LogP contribution in [-0.4, -0.2) is 14.8 Å². The Morgan fingerprint density at radius 1 is 1.31 bits per heavy atom. The predicted molar refractivity (Wildman–Crippen MR) is 65.0 cm³/mol. The van der Waals surface area contributed by atoms with E-state index in [0.717, 1.165) is 29.5 Å².